The highest BCUT2D eigenvalue weighted by atomic mass is 16.3. The molecule has 0 aliphatic rings. The zero-order valence-electron chi connectivity index (χ0n) is 10.1. The van der Waals surface area contributed by atoms with E-state index in [1.165, 1.54) is 0 Å². The van der Waals surface area contributed by atoms with E-state index in [2.05, 4.69) is 0 Å². The van der Waals surface area contributed by atoms with Gasteiger partial charge in [-0.2, -0.15) is 0 Å². The van der Waals surface area contributed by atoms with E-state index in [1.54, 1.807) is 0 Å². The molecule has 1 aromatic heterocycles. The number of para-hydroxylation sites is 1. The Bertz CT molecular complexity index is 980. The van der Waals surface area contributed by atoms with Crippen molar-refractivity contribution in [1.29, 1.82) is 0 Å². The van der Waals surface area contributed by atoms with Crippen LogP contribution in [0.5, 0.6) is 0 Å². The van der Waals surface area contributed by atoms with Gasteiger partial charge in [-0.1, -0.05) is 42.5 Å². The fourth-order valence-corrected chi connectivity index (χ4v) is 2.57. The van der Waals surface area contributed by atoms with Gasteiger partial charge in [0.2, 0.25) is 5.43 Å². The largest absolute Gasteiger partial charge is 0.456 e. The lowest BCUT2D eigenvalue weighted by Gasteiger charge is -2.04. The number of hydrogen-bond acceptors (Lipinski definition) is 2. The lowest BCUT2D eigenvalue weighted by Crippen LogP contribution is -2.02. The Morgan fingerprint density at radius 2 is 1.42 bits per heavy atom. The molecule has 4 rings (SSSR count). The van der Waals surface area contributed by atoms with Crippen LogP contribution < -0.4 is 5.43 Å². The molecule has 3 aromatic carbocycles. The quantitative estimate of drug-likeness (QED) is 0.345. The maximum Gasteiger partial charge on any atom is 0.201 e. The molecule has 0 spiro atoms. The Hall–Kier alpha value is -2.61. The standard InChI is InChI=1S/C17H10O2/c18-17-13-7-3-4-8-14(13)19-15-10-9-11-5-1-2-6-12(11)16(15)17/h1-10H. The van der Waals surface area contributed by atoms with Crippen LogP contribution in [0.1, 0.15) is 0 Å². The van der Waals surface area contributed by atoms with Crippen LogP contribution in [0.3, 0.4) is 0 Å². The summed E-state index contributed by atoms with van der Waals surface area (Å²) in [5, 5.41) is 3.29. The molecule has 0 saturated carbocycles. The van der Waals surface area contributed by atoms with E-state index in [0.29, 0.717) is 21.9 Å². The molecule has 0 N–H and O–H groups in total. The van der Waals surface area contributed by atoms with E-state index in [4.69, 9.17) is 4.42 Å². The zero-order chi connectivity index (χ0) is 12.8. The molecule has 2 nitrogen and oxygen atoms in total. The normalized spacial score (nSPS) is 11.4. The zero-order valence-corrected chi connectivity index (χ0v) is 10.1. The second-order valence-electron chi connectivity index (χ2n) is 4.59. The highest BCUT2D eigenvalue weighted by Crippen LogP contribution is 2.25. The van der Waals surface area contributed by atoms with E-state index >= 15 is 0 Å². The van der Waals surface area contributed by atoms with Gasteiger partial charge in [-0.3, -0.25) is 4.79 Å². The minimum atomic E-state index is 0.0358. The van der Waals surface area contributed by atoms with Crippen molar-refractivity contribution >= 4 is 32.7 Å². The van der Waals surface area contributed by atoms with Crippen LogP contribution in [0.2, 0.25) is 0 Å². The van der Waals surface area contributed by atoms with Crippen molar-refractivity contribution < 1.29 is 4.42 Å². The van der Waals surface area contributed by atoms with Gasteiger partial charge in [0.1, 0.15) is 11.2 Å². The molecule has 0 amide bonds. The third-order valence-electron chi connectivity index (χ3n) is 3.47. The third-order valence-corrected chi connectivity index (χ3v) is 3.47. The van der Waals surface area contributed by atoms with Gasteiger partial charge in [0.05, 0.1) is 10.8 Å². The lowest BCUT2D eigenvalue weighted by atomic mass is 10.0. The second kappa shape index (κ2) is 3.69. The smallest absolute Gasteiger partial charge is 0.201 e. The van der Waals surface area contributed by atoms with E-state index < -0.39 is 0 Å². The molecule has 0 saturated heterocycles. The number of hydrogen-bond donors (Lipinski definition) is 0. The molecule has 1 heterocycles. The summed E-state index contributed by atoms with van der Waals surface area (Å²) in [5.41, 5.74) is 1.31. The van der Waals surface area contributed by atoms with Gasteiger partial charge < -0.3 is 4.42 Å². The van der Waals surface area contributed by atoms with Gasteiger partial charge in [-0.05, 0) is 29.0 Å². The minimum absolute atomic E-state index is 0.0358. The monoisotopic (exact) mass is 246 g/mol. The summed E-state index contributed by atoms with van der Waals surface area (Å²) in [4.78, 5) is 12.6. The van der Waals surface area contributed by atoms with Crippen molar-refractivity contribution in [2.75, 3.05) is 0 Å². The number of fused-ring (bicyclic) bond motifs is 4. The van der Waals surface area contributed by atoms with Gasteiger partial charge in [0.15, 0.2) is 0 Å². The summed E-state index contributed by atoms with van der Waals surface area (Å²) in [5.74, 6) is 0. The number of rotatable bonds is 0. The highest BCUT2D eigenvalue weighted by Gasteiger charge is 2.09. The fourth-order valence-electron chi connectivity index (χ4n) is 2.57. The summed E-state index contributed by atoms with van der Waals surface area (Å²) >= 11 is 0. The predicted molar refractivity (Wildman–Crippen MR) is 77.5 cm³/mol. The van der Waals surface area contributed by atoms with Gasteiger partial charge in [0.25, 0.3) is 0 Å². The SMILES string of the molecule is O=c1c2ccccc2oc2ccc3ccccc3c12. The summed E-state index contributed by atoms with van der Waals surface area (Å²) in [7, 11) is 0. The number of benzene rings is 3. The molecule has 0 fully saturated rings. The molecule has 2 heteroatoms. The minimum Gasteiger partial charge on any atom is -0.456 e. The van der Waals surface area contributed by atoms with Gasteiger partial charge in [0, 0.05) is 0 Å². The van der Waals surface area contributed by atoms with Crippen LogP contribution in [0.25, 0.3) is 32.7 Å². The molecule has 0 aliphatic carbocycles. The maximum atomic E-state index is 12.6. The first-order valence-corrected chi connectivity index (χ1v) is 6.18. The Labute approximate surface area is 108 Å². The maximum absolute atomic E-state index is 12.6. The van der Waals surface area contributed by atoms with Crippen molar-refractivity contribution in [3.63, 3.8) is 0 Å². The molecule has 0 atom stereocenters. The van der Waals surface area contributed by atoms with Crippen molar-refractivity contribution in [3.8, 4) is 0 Å². The van der Waals surface area contributed by atoms with E-state index in [1.807, 2.05) is 60.7 Å². The molecule has 0 unspecified atom stereocenters. The van der Waals surface area contributed by atoms with Crippen LogP contribution in [0, 0.1) is 0 Å². The summed E-state index contributed by atoms with van der Waals surface area (Å²) in [6.45, 7) is 0. The summed E-state index contributed by atoms with van der Waals surface area (Å²) in [6.07, 6.45) is 0. The van der Waals surface area contributed by atoms with Crippen LogP contribution in [-0.2, 0) is 0 Å². The first-order chi connectivity index (χ1) is 9.34. The Balaban J connectivity index is 2.37. The average Bonchev–Trinajstić information content (AvgIpc) is 2.47. The van der Waals surface area contributed by atoms with Crippen LogP contribution >= 0.6 is 0 Å². The Kier molecular flexibility index (Phi) is 2.00. The second-order valence-corrected chi connectivity index (χ2v) is 4.59. The predicted octanol–water partition coefficient (Wildman–Crippen LogP) is 4.10. The van der Waals surface area contributed by atoms with Gasteiger partial charge in [-0.15, -0.1) is 0 Å². The lowest BCUT2D eigenvalue weighted by molar-refractivity contribution is 0.660. The van der Waals surface area contributed by atoms with Crippen LogP contribution in [0.4, 0.5) is 0 Å². The Morgan fingerprint density at radius 1 is 0.684 bits per heavy atom. The van der Waals surface area contributed by atoms with E-state index in [-0.39, 0.29) is 5.43 Å². The Morgan fingerprint density at radius 3 is 2.32 bits per heavy atom. The van der Waals surface area contributed by atoms with E-state index in [9.17, 15) is 4.79 Å². The van der Waals surface area contributed by atoms with Crippen molar-refractivity contribution in [2.45, 2.75) is 0 Å². The summed E-state index contributed by atoms with van der Waals surface area (Å²) < 4.78 is 5.84. The van der Waals surface area contributed by atoms with Crippen LogP contribution in [-0.4, -0.2) is 0 Å². The van der Waals surface area contributed by atoms with E-state index in [0.717, 1.165) is 10.8 Å². The van der Waals surface area contributed by atoms with Crippen molar-refractivity contribution in [2.24, 2.45) is 0 Å². The van der Waals surface area contributed by atoms with Crippen LogP contribution in [0.15, 0.2) is 69.9 Å². The topological polar surface area (TPSA) is 30.2 Å². The molecular formula is C17H10O2. The molecule has 19 heavy (non-hydrogen) atoms. The molecule has 90 valence electrons. The summed E-state index contributed by atoms with van der Waals surface area (Å²) in [6, 6.07) is 19.1. The first-order valence-electron chi connectivity index (χ1n) is 6.18. The van der Waals surface area contributed by atoms with Gasteiger partial charge >= 0.3 is 0 Å². The average molecular weight is 246 g/mol. The molecule has 4 aromatic rings. The van der Waals surface area contributed by atoms with Crippen molar-refractivity contribution in [3.05, 3.63) is 70.9 Å². The van der Waals surface area contributed by atoms with Crippen molar-refractivity contribution in [1.82, 2.24) is 0 Å². The molecule has 0 radical (unpaired) electrons. The highest BCUT2D eigenvalue weighted by molar-refractivity contribution is 6.08. The molecule has 0 bridgehead atoms. The first kappa shape index (κ1) is 10.3. The molecule has 0 aliphatic heterocycles. The fraction of sp³-hybridized carbons (Fsp3) is 0. The third kappa shape index (κ3) is 1.40. The molecular weight excluding hydrogens is 236 g/mol. The van der Waals surface area contributed by atoms with Gasteiger partial charge in [-0.25, -0.2) is 0 Å².